The summed E-state index contributed by atoms with van der Waals surface area (Å²) in [5.74, 6) is 0.00444. The largest absolute Gasteiger partial charge is 0.477 e. The molecule has 2 heterocycles. The Morgan fingerprint density at radius 3 is 2.39 bits per heavy atom. The minimum Gasteiger partial charge on any atom is -0.402 e. The van der Waals surface area contributed by atoms with Crippen LogP contribution in [0, 0.1) is 0 Å². The highest BCUT2D eigenvalue weighted by atomic mass is 16.7. The lowest BCUT2D eigenvalue weighted by Gasteiger charge is -2.32. The predicted octanol–water partition coefficient (Wildman–Crippen LogP) is 0.912. The van der Waals surface area contributed by atoms with Gasteiger partial charge in [-0.05, 0) is 39.7 Å². The van der Waals surface area contributed by atoms with Crippen LogP contribution in [-0.2, 0) is 9.31 Å². The molecule has 1 saturated heterocycles. The maximum Gasteiger partial charge on any atom is 0.477 e. The standard InChI is InChI=1S/C12H22BN2O3/c1-9(16)7-15-8-10(6-14-15)13-17-11(2,3)12(4,5)18-13/h6,8-10,16H,7H2,1-5H3/q+1/t9-,10?/m1/s1. The molecule has 18 heavy (non-hydrogen) atoms. The molecule has 0 aromatic heterocycles. The minimum atomic E-state index is -0.407. The van der Waals surface area contributed by atoms with E-state index >= 15 is 0 Å². The van der Waals surface area contributed by atoms with E-state index < -0.39 is 6.10 Å². The maximum atomic E-state index is 9.33. The van der Waals surface area contributed by atoms with Gasteiger partial charge in [0.05, 0.1) is 17.4 Å². The summed E-state index contributed by atoms with van der Waals surface area (Å²) in [5.41, 5.74) is -0.645. The highest BCUT2D eigenvalue weighted by Gasteiger charge is 2.54. The Morgan fingerprint density at radius 1 is 1.33 bits per heavy atom. The van der Waals surface area contributed by atoms with E-state index in [1.165, 1.54) is 0 Å². The summed E-state index contributed by atoms with van der Waals surface area (Å²) in [6.07, 6.45) is 3.34. The molecule has 1 N–H and O–H groups in total. The highest BCUT2D eigenvalue weighted by molar-refractivity contribution is 6.56. The molecule has 6 heteroatoms. The van der Waals surface area contributed by atoms with Gasteiger partial charge < -0.3 is 14.4 Å². The first-order chi connectivity index (χ1) is 8.21. The van der Waals surface area contributed by atoms with E-state index in [4.69, 9.17) is 9.31 Å². The van der Waals surface area contributed by atoms with Crippen molar-refractivity contribution < 1.29 is 19.1 Å². The second-order valence-electron chi connectivity index (χ2n) is 6.09. The van der Waals surface area contributed by atoms with E-state index in [-0.39, 0.29) is 24.1 Å². The fraction of sp³-hybridized carbons (Fsp3) is 0.833. The number of β-amino-alcohol motifs (C(OH)–C–C–N with tert-alkyl or cyclic N) is 1. The summed E-state index contributed by atoms with van der Waals surface area (Å²) in [6, 6.07) is 0. The Morgan fingerprint density at radius 2 is 1.89 bits per heavy atom. The fourth-order valence-electron chi connectivity index (χ4n) is 2.00. The molecule has 1 unspecified atom stereocenters. The van der Waals surface area contributed by atoms with Crippen molar-refractivity contribution in [3.63, 3.8) is 0 Å². The Labute approximate surface area is 109 Å². The molecule has 2 aliphatic rings. The average Bonchev–Trinajstić information content (AvgIpc) is 2.70. The molecule has 100 valence electrons. The van der Waals surface area contributed by atoms with Crippen molar-refractivity contribution in [2.45, 2.75) is 57.7 Å². The first kappa shape index (κ1) is 13.7. The monoisotopic (exact) mass is 253 g/mol. The number of rotatable bonds is 3. The van der Waals surface area contributed by atoms with Gasteiger partial charge in [0.2, 0.25) is 0 Å². The summed E-state index contributed by atoms with van der Waals surface area (Å²) in [7, 11) is -0.308. The molecule has 5 nitrogen and oxygen atoms in total. The van der Waals surface area contributed by atoms with E-state index in [0.717, 1.165) is 0 Å². The van der Waals surface area contributed by atoms with E-state index in [9.17, 15) is 5.11 Å². The van der Waals surface area contributed by atoms with E-state index in [1.807, 2.05) is 40.1 Å². The second kappa shape index (κ2) is 4.44. The average molecular weight is 253 g/mol. The summed E-state index contributed by atoms with van der Waals surface area (Å²) in [6.45, 7) is 10.4. The van der Waals surface area contributed by atoms with Crippen LogP contribution in [-0.4, -0.2) is 53.2 Å². The molecule has 0 amide bonds. The van der Waals surface area contributed by atoms with Gasteiger partial charge in [0.1, 0.15) is 11.9 Å². The maximum absolute atomic E-state index is 9.33. The first-order valence-corrected chi connectivity index (χ1v) is 6.41. The fourth-order valence-corrected chi connectivity index (χ4v) is 2.00. The minimum absolute atomic E-state index is 0.00444. The number of aliphatic hydroxyl groups excluding tert-OH is 1. The van der Waals surface area contributed by atoms with Crippen LogP contribution in [0.3, 0.4) is 0 Å². The van der Waals surface area contributed by atoms with Crippen LogP contribution >= 0.6 is 0 Å². The van der Waals surface area contributed by atoms with Crippen molar-refractivity contribution in [1.29, 1.82) is 0 Å². The lowest BCUT2D eigenvalue weighted by Crippen LogP contribution is -2.41. The van der Waals surface area contributed by atoms with E-state index in [1.54, 1.807) is 11.6 Å². The second-order valence-corrected chi connectivity index (χ2v) is 6.09. The van der Waals surface area contributed by atoms with Gasteiger partial charge in [0.15, 0.2) is 12.8 Å². The molecular weight excluding hydrogens is 231 g/mol. The van der Waals surface area contributed by atoms with Crippen LogP contribution in [0.25, 0.3) is 0 Å². The quantitative estimate of drug-likeness (QED) is 0.601. The van der Waals surface area contributed by atoms with Crippen molar-refractivity contribution >= 4 is 19.5 Å². The molecule has 0 spiro atoms. The molecular formula is C12H22BN2O3+. The lowest BCUT2D eigenvalue weighted by atomic mass is 9.73. The van der Waals surface area contributed by atoms with Gasteiger partial charge in [0, 0.05) is 0 Å². The van der Waals surface area contributed by atoms with Crippen LogP contribution in [0.5, 0.6) is 0 Å². The van der Waals surface area contributed by atoms with Crippen molar-refractivity contribution in [2.24, 2.45) is 5.10 Å². The SMILES string of the molecule is C[C@@H](O)C[N+]1=CC(B2OC(C)(C)C(C)(C)O2)C=N1. The van der Waals surface area contributed by atoms with Gasteiger partial charge in [-0.2, -0.15) is 0 Å². The zero-order valence-electron chi connectivity index (χ0n) is 11.8. The number of hydrogen-bond acceptors (Lipinski definition) is 4. The number of hydrogen-bond donors (Lipinski definition) is 1. The Balaban J connectivity index is 2.04. The van der Waals surface area contributed by atoms with Crippen molar-refractivity contribution in [2.75, 3.05) is 6.54 Å². The third-order valence-electron chi connectivity index (χ3n) is 3.77. The van der Waals surface area contributed by atoms with Crippen LogP contribution in [0.4, 0.5) is 0 Å². The highest BCUT2D eigenvalue weighted by Crippen LogP contribution is 2.39. The van der Waals surface area contributed by atoms with Gasteiger partial charge in [-0.25, -0.2) is 0 Å². The molecule has 0 aromatic carbocycles. The summed E-state index contributed by atoms with van der Waals surface area (Å²) < 4.78 is 13.7. The number of hydrazone groups is 1. The molecule has 0 aromatic rings. The zero-order valence-corrected chi connectivity index (χ0v) is 11.8. The van der Waals surface area contributed by atoms with Gasteiger partial charge in [0.25, 0.3) is 0 Å². The Kier molecular flexibility index (Phi) is 3.38. The summed E-state index contributed by atoms with van der Waals surface area (Å²) in [5, 5.41) is 13.6. The van der Waals surface area contributed by atoms with E-state index in [0.29, 0.717) is 6.54 Å². The van der Waals surface area contributed by atoms with Crippen LogP contribution < -0.4 is 0 Å². The van der Waals surface area contributed by atoms with E-state index in [2.05, 4.69) is 5.10 Å². The third-order valence-corrected chi connectivity index (χ3v) is 3.77. The predicted molar refractivity (Wildman–Crippen MR) is 71.2 cm³/mol. The summed E-state index contributed by atoms with van der Waals surface area (Å²) >= 11 is 0. The van der Waals surface area contributed by atoms with Crippen molar-refractivity contribution in [1.82, 2.24) is 0 Å². The van der Waals surface area contributed by atoms with Gasteiger partial charge >= 0.3 is 7.12 Å². The Bertz CT molecular complexity index is 375. The number of aliphatic hydroxyl groups is 1. The first-order valence-electron chi connectivity index (χ1n) is 6.41. The topological polar surface area (TPSA) is 54.1 Å². The van der Waals surface area contributed by atoms with Gasteiger partial charge in [-0.1, -0.05) is 4.68 Å². The molecule has 1 fully saturated rings. The molecule has 0 aliphatic carbocycles. The molecule has 0 saturated carbocycles. The summed E-state index contributed by atoms with van der Waals surface area (Å²) in [4.78, 5) is 0. The van der Waals surface area contributed by atoms with Crippen LogP contribution in [0.15, 0.2) is 5.10 Å². The van der Waals surface area contributed by atoms with Crippen LogP contribution in [0.1, 0.15) is 34.6 Å². The smallest absolute Gasteiger partial charge is 0.402 e. The molecule has 0 radical (unpaired) electrons. The van der Waals surface area contributed by atoms with Crippen molar-refractivity contribution in [3.05, 3.63) is 0 Å². The van der Waals surface area contributed by atoms with Crippen LogP contribution in [0.2, 0.25) is 5.82 Å². The van der Waals surface area contributed by atoms with Gasteiger partial charge in [-0.15, -0.1) is 0 Å². The lowest BCUT2D eigenvalue weighted by molar-refractivity contribution is -0.533. The van der Waals surface area contributed by atoms with Crippen molar-refractivity contribution in [3.8, 4) is 0 Å². The molecule has 2 aliphatic heterocycles. The zero-order chi connectivity index (χ0) is 13.6. The molecule has 2 atom stereocenters. The van der Waals surface area contributed by atoms with Gasteiger partial charge in [-0.3, -0.25) is 0 Å². The number of nitrogens with zero attached hydrogens (tertiary/aromatic N) is 2. The molecule has 0 bridgehead atoms. The Hall–Kier alpha value is -0.715. The normalized spacial score (nSPS) is 30.7. The molecule has 2 rings (SSSR count). The third kappa shape index (κ3) is 2.51.